The third kappa shape index (κ3) is 2.51. The molecule has 23 heavy (non-hydrogen) atoms. The maximum atomic E-state index is 14.3. The third-order valence-corrected chi connectivity index (χ3v) is 4.99. The molecule has 0 radical (unpaired) electrons. The van der Waals surface area contributed by atoms with E-state index in [0.717, 1.165) is 15.8 Å². The molecular weight excluding hydrogens is 356 g/mol. The first-order chi connectivity index (χ1) is 11.1. The number of rotatable bonds is 2. The molecule has 0 saturated heterocycles. The van der Waals surface area contributed by atoms with E-state index in [-0.39, 0.29) is 0 Å². The van der Waals surface area contributed by atoms with Crippen LogP contribution >= 0.6 is 34.5 Å². The summed E-state index contributed by atoms with van der Waals surface area (Å²) in [6.07, 6.45) is 1.67. The smallest absolute Gasteiger partial charge is 0.182 e. The van der Waals surface area contributed by atoms with Crippen molar-refractivity contribution in [3.63, 3.8) is 0 Å². The molecule has 0 fully saturated rings. The van der Waals surface area contributed by atoms with Gasteiger partial charge in [0.25, 0.3) is 0 Å². The lowest BCUT2D eigenvalue weighted by Gasteiger charge is -2.05. The molecule has 7 heteroatoms. The van der Waals surface area contributed by atoms with Gasteiger partial charge in [0.15, 0.2) is 5.65 Å². The summed E-state index contributed by atoms with van der Waals surface area (Å²) >= 11 is 13.3. The third-order valence-electron chi connectivity index (χ3n) is 3.49. The average molecular weight is 364 g/mol. The van der Waals surface area contributed by atoms with Gasteiger partial charge in [0.05, 0.1) is 15.4 Å². The van der Waals surface area contributed by atoms with Gasteiger partial charge in [0.2, 0.25) is 0 Å². The molecule has 0 aliphatic rings. The Morgan fingerprint density at radius 3 is 2.65 bits per heavy atom. The van der Waals surface area contributed by atoms with E-state index in [1.807, 2.05) is 18.2 Å². The zero-order chi connectivity index (χ0) is 16.0. The molecule has 0 spiro atoms. The van der Waals surface area contributed by atoms with Crippen molar-refractivity contribution in [1.29, 1.82) is 0 Å². The van der Waals surface area contributed by atoms with Crippen LogP contribution in [-0.4, -0.2) is 15.2 Å². The van der Waals surface area contributed by atoms with Crippen LogP contribution in [0.1, 0.15) is 0 Å². The number of nitrogens with zero attached hydrogens (tertiary/aromatic N) is 2. The Kier molecular flexibility index (Phi) is 3.56. The van der Waals surface area contributed by atoms with Gasteiger partial charge in [-0.3, -0.25) is 5.10 Å². The molecule has 4 aromatic rings. The largest absolute Gasteiger partial charge is 0.275 e. The SMILES string of the molecule is Fc1cc(Cl)ccc1-c1[nH]nc2nccc(-c3ccc(Cl)s3)c12. The monoisotopic (exact) mass is 363 g/mol. The second-order valence-corrected chi connectivity index (χ2v) is 7.04. The van der Waals surface area contributed by atoms with Gasteiger partial charge in [0, 0.05) is 27.2 Å². The van der Waals surface area contributed by atoms with Crippen LogP contribution in [-0.2, 0) is 0 Å². The van der Waals surface area contributed by atoms with E-state index < -0.39 is 5.82 Å². The molecule has 3 aromatic heterocycles. The van der Waals surface area contributed by atoms with Crippen LogP contribution in [0.15, 0.2) is 42.6 Å². The Labute approximate surface area is 144 Å². The van der Waals surface area contributed by atoms with E-state index in [4.69, 9.17) is 23.2 Å². The van der Waals surface area contributed by atoms with E-state index >= 15 is 0 Å². The van der Waals surface area contributed by atoms with Gasteiger partial charge in [-0.05, 0) is 36.4 Å². The summed E-state index contributed by atoms with van der Waals surface area (Å²) in [7, 11) is 0. The fourth-order valence-electron chi connectivity index (χ4n) is 2.50. The highest BCUT2D eigenvalue weighted by molar-refractivity contribution is 7.19. The first-order valence-electron chi connectivity index (χ1n) is 6.67. The summed E-state index contributed by atoms with van der Waals surface area (Å²) in [5.74, 6) is -0.415. The number of hydrogen-bond acceptors (Lipinski definition) is 3. The summed E-state index contributed by atoms with van der Waals surface area (Å²) in [6, 6.07) is 10.2. The van der Waals surface area contributed by atoms with E-state index in [1.54, 1.807) is 18.3 Å². The minimum absolute atomic E-state index is 0.346. The molecule has 3 nitrogen and oxygen atoms in total. The van der Waals surface area contributed by atoms with Gasteiger partial charge >= 0.3 is 0 Å². The van der Waals surface area contributed by atoms with Gasteiger partial charge in [-0.2, -0.15) is 5.10 Å². The number of thiophene rings is 1. The van der Waals surface area contributed by atoms with Crippen LogP contribution in [0.4, 0.5) is 4.39 Å². The maximum absolute atomic E-state index is 14.3. The van der Waals surface area contributed by atoms with Crippen LogP contribution in [0.3, 0.4) is 0 Å². The van der Waals surface area contributed by atoms with Crippen molar-refractivity contribution in [3.8, 4) is 21.7 Å². The zero-order valence-corrected chi connectivity index (χ0v) is 13.8. The van der Waals surface area contributed by atoms with Crippen LogP contribution in [0.25, 0.3) is 32.7 Å². The minimum atomic E-state index is -0.415. The lowest BCUT2D eigenvalue weighted by atomic mass is 10.0. The molecule has 0 amide bonds. The summed E-state index contributed by atoms with van der Waals surface area (Å²) in [4.78, 5) is 5.22. The van der Waals surface area contributed by atoms with E-state index in [1.165, 1.54) is 17.4 Å². The molecule has 0 aliphatic heterocycles. The number of aromatic amines is 1. The molecule has 1 aromatic carbocycles. The van der Waals surface area contributed by atoms with Crippen molar-refractivity contribution >= 4 is 45.6 Å². The summed E-state index contributed by atoms with van der Waals surface area (Å²) in [5.41, 5.74) is 2.40. The average Bonchev–Trinajstić information content (AvgIpc) is 3.13. The second-order valence-electron chi connectivity index (χ2n) is 4.88. The highest BCUT2D eigenvalue weighted by Gasteiger charge is 2.17. The van der Waals surface area contributed by atoms with Crippen molar-refractivity contribution in [3.05, 3.63) is 57.8 Å². The normalized spacial score (nSPS) is 11.3. The minimum Gasteiger partial charge on any atom is -0.275 e. The second kappa shape index (κ2) is 5.60. The molecule has 1 N–H and O–H groups in total. The Balaban J connectivity index is 2.02. The van der Waals surface area contributed by atoms with Gasteiger partial charge in [-0.25, -0.2) is 9.37 Å². The first-order valence-corrected chi connectivity index (χ1v) is 8.25. The molecule has 3 heterocycles. The lowest BCUT2D eigenvalue weighted by Crippen LogP contribution is -1.87. The topological polar surface area (TPSA) is 41.6 Å². The molecular formula is C16H8Cl2FN3S. The van der Waals surface area contributed by atoms with Crippen LogP contribution in [0, 0.1) is 5.82 Å². The number of H-pyrrole nitrogens is 1. The molecule has 0 aliphatic carbocycles. The molecule has 0 saturated carbocycles. The highest BCUT2D eigenvalue weighted by Crippen LogP contribution is 2.39. The van der Waals surface area contributed by atoms with Crippen molar-refractivity contribution in [1.82, 2.24) is 15.2 Å². The van der Waals surface area contributed by atoms with Crippen molar-refractivity contribution in [2.45, 2.75) is 0 Å². The number of benzene rings is 1. The molecule has 114 valence electrons. The number of pyridine rings is 1. The lowest BCUT2D eigenvalue weighted by molar-refractivity contribution is 0.631. The Morgan fingerprint density at radius 2 is 1.91 bits per heavy atom. The number of fused-ring (bicyclic) bond motifs is 1. The Hall–Kier alpha value is -1.95. The van der Waals surface area contributed by atoms with Crippen molar-refractivity contribution < 1.29 is 4.39 Å². The first kappa shape index (κ1) is 14.6. The zero-order valence-electron chi connectivity index (χ0n) is 11.5. The van der Waals surface area contributed by atoms with E-state index in [9.17, 15) is 4.39 Å². The highest BCUT2D eigenvalue weighted by atomic mass is 35.5. The standard InChI is InChI=1S/C16H8Cl2FN3S/c17-8-1-2-9(11(19)7-8)15-14-10(12-3-4-13(18)23-12)5-6-20-16(14)22-21-15/h1-7H,(H,20,21,22). The summed E-state index contributed by atoms with van der Waals surface area (Å²) < 4.78 is 15.0. The molecule has 0 unspecified atom stereocenters. The van der Waals surface area contributed by atoms with E-state index in [0.29, 0.717) is 26.3 Å². The maximum Gasteiger partial charge on any atom is 0.182 e. The number of halogens is 3. The number of hydrogen-bond donors (Lipinski definition) is 1. The number of aromatic nitrogens is 3. The van der Waals surface area contributed by atoms with Gasteiger partial charge in [-0.15, -0.1) is 11.3 Å². The van der Waals surface area contributed by atoms with Crippen LogP contribution in [0.2, 0.25) is 9.36 Å². The van der Waals surface area contributed by atoms with Crippen molar-refractivity contribution in [2.75, 3.05) is 0 Å². The quantitative estimate of drug-likeness (QED) is 0.488. The van der Waals surface area contributed by atoms with Gasteiger partial charge < -0.3 is 0 Å². The predicted octanol–water partition coefficient (Wildman–Crippen LogP) is 5.80. The Bertz CT molecular complexity index is 1030. The summed E-state index contributed by atoms with van der Waals surface area (Å²) in [6.45, 7) is 0. The summed E-state index contributed by atoms with van der Waals surface area (Å²) in [5, 5.41) is 8.17. The van der Waals surface area contributed by atoms with Gasteiger partial charge in [0.1, 0.15) is 5.82 Å². The van der Waals surface area contributed by atoms with Crippen LogP contribution in [0.5, 0.6) is 0 Å². The molecule has 0 bridgehead atoms. The van der Waals surface area contributed by atoms with Crippen LogP contribution < -0.4 is 0 Å². The predicted molar refractivity (Wildman–Crippen MR) is 92.6 cm³/mol. The number of nitrogens with one attached hydrogen (secondary N) is 1. The van der Waals surface area contributed by atoms with E-state index in [2.05, 4.69) is 15.2 Å². The fourth-order valence-corrected chi connectivity index (χ4v) is 3.73. The van der Waals surface area contributed by atoms with Gasteiger partial charge in [-0.1, -0.05) is 23.2 Å². The molecule has 0 atom stereocenters. The Morgan fingerprint density at radius 1 is 1.04 bits per heavy atom. The fraction of sp³-hybridized carbons (Fsp3) is 0. The molecule has 4 rings (SSSR count). The van der Waals surface area contributed by atoms with Crippen molar-refractivity contribution in [2.24, 2.45) is 0 Å².